The Kier molecular flexibility index (Phi) is 6.20. The molecule has 1 aromatic carbocycles. The topological polar surface area (TPSA) is 56.7 Å². The van der Waals surface area contributed by atoms with Crippen LogP contribution in [-0.4, -0.2) is 40.9 Å². The molecule has 0 radical (unpaired) electrons. The highest BCUT2D eigenvalue weighted by atomic mass is 35.5. The number of ether oxygens (including phenoxy) is 1. The zero-order valence-electron chi connectivity index (χ0n) is 15.2. The van der Waals surface area contributed by atoms with Crippen molar-refractivity contribution in [2.24, 2.45) is 10.1 Å². The molecule has 0 unspecified atom stereocenters. The van der Waals surface area contributed by atoms with Crippen LogP contribution < -0.4 is 4.80 Å². The molecule has 27 heavy (non-hydrogen) atoms. The van der Waals surface area contributed by atoms with Crippen LogP contribution in [0.4, 0.5) is 4.39 Å². The third kappa shape index (κ3) is 4.35. The van der Waals surface area contributed by atoms with Gasteiger partial charge in [0.25, 0.3) is 0 Å². The average Bonchev–Trinajstić information content (AvgIpc) is 3.14. The summed E-state index contributed by atoms with van der Waals surface area (Å²) in [6, 6.07) is 5.99. The molecule has 0 N–H and O–H groups in total. The van der Waals surface area contributed by atoms with Gasteiger partial charge < -0.3 is 4.74 Å². The lowest BCUT2D eigenvalue weighted by atomic mass is 10.3. The van der Waals surface area contributed by atoms with Gasteiger partial charge in [0.1, 0.15) is 11.0 Å². The van der Waals surface area contributed by atoms with E-state index in [1.807, 2.05) is 19.2 Å². The minimum Gasteiger partial charge on any atom is -0.383 e. The summed E-state index contributed by atoms with van der Waals surface area (Å²) in [6.07, 6.45) is 1.67. The van der Waals surface area contributed by atoms with Crippen LogP contribution >= 0.6 is 22.9 Å². The number of benzene rings is 1. The van der Waals surface area contributed by atoms with Gasteiger partial charge in [0.05, 0.1) is 42.0 Å². The molecule has 3 rings (SSSR count). The van der Waals surface area contributed by atoms with E-state index in [1.165, 1.54) is 23.5 Å². The first-order valence-electron chi connectivity index (χ1n) is 8.23. The Hall–Kier alpha value is -2.29. The molecule has 2 heterocycles. The fourth-order valence-electron chi connectivity index (χ4n) is 2.39. The third-order valence-corrected chi connectivity index (χ3v) is 5.15. The smallest absolute Gasteiger partial charge is 0.205 e. The van der Waals surface area contributed by atoms with E-state index in [9.17, 15) is 4.39 Å². The number of aryl methyl sites for hydroxylation is 2. The van der Waals surface area contributed by atoms with Gasteiger partial charge in [-0.1, -0.05) is 11.6 Å². The SMILES string of the molecule is COCCN=c1scc(C)n1/N=C/c1c(C)nn(-c2ccc(F)cc2)c1Cl. The van der Waals surface area contributed by atoms with Crippen molar-refractivity contribution in [3.8, 4) is 5.69 Å². The molecule has 0 aliphatic heterocycles. The van der Waals surface area contributed by atoms with Crippen molar-refractivity contribution in [2.45, 2.75) is 13.8 Å². The van der Waals surface area contributed by atoms with Crippen molar-refractivity contribution in [1.29, 1.82) is 0 Å². The Morgan fingerprint density at radius 1 is 1.30 bits per heavy atom. The van der Waals surface area contributed by atoms with Gasteiger partial charge >= 0.3 is 0 Å². The van der Waals surface area contributed by atoms with Gasteiger partial charge in [-0.3, -0.25) is 4.99 Å². The molecule has 0 aliphatic rings. The van der Waals surface area contributed by atoms with E-state index < -0.39 is 0 Å². The van der Waals surface area contributed by atoms with Gasteiger partial charge in [0.15, 0.2) is 0 Å². The van der Waals surface area contributed by atoms with Gasteiger partial charge in [-0.15, -0.1) is 11.3 Å². The van der Waals surface area contributed by atoms with E-state index in [2.05, 4.69) is 15.2 Å². The predicted octanol–water partition coefficient (Wildman–Crippen LogP) is 3.57. The summed E-state index contributed by atoms with van der Waals surface area (Å²) < 4.78 is 21.5. The lowest BCUT2D eigenvalue weighted by Gasteiger charge is -2.02. The fraction of sp³-hybridized carbons (Fsp3) is 0.278. The second-order valence-electron chi connectivity index (χ2n) is 5.77. The molecule has 0 bridgehead atoms. The summed E-state index contributed by atoms with van der Waals surface area (Å²) in [5.41, 5.74) is 3.06. The van der Waals surface area contributed by atoms with Crippen molar-refractivity contribution < 1.29 is 9.13 Å². The second-order valence-corrected chi connectivity index (χ2v) is 6.96. The van der Waals surface area contributed by atoms with E-state index in [4.69, 9.17) is 16.3 Å². The molecule has 142 valence electrons. The Morgan fingerprint density at radius 2 is 2.04 bits per heavy atom. The molecule has 0 spiro atoms. The zero-order chi connectivity index (χ0) is 19.4. The number of hydrogen-bond acceptors (Lipinski definition) is 5. The third-order valence-electron chi connectivity index (χ3n) is 3.81. The molecule has 0 aliphatic carbocycles. The first-order chi connectivity index (χ1) is 13.0. The molecule has 2 aromatic heterocycles. The first-order valence-corrected chi connectivity index (χ1v) is 9.49. The summed E-state index contributed by atoms with van der Waals surface area (Å²) in [7, 11) is 1.64. The lowest BCUT2D eigenvalue weighted by molar-refractivity contribution is 0.207. The summed E-state index contributed by atoms with van der Waals surface area (Å²) in [6.45, 7) is 4.92. The number of halogens is 2. The number of nitrogens with zero attached hydrogens (tertiary/aromatic N) is 5. The van der Waals surface area contributed by atoms with Crippen molar-refractivity contribution in [2.75, 3.05) is 20.3 Å². The van der Waals surface area contributed by atoms with Crippen molar-refractivity contribution >= 4 is 29.2 Å². The van der Waals surface area contributed by atoms with Gasteiger partial charge in [-0.05, 0) is 38.1 Å². The normalized spacial score (nSPS) is 12.4. The monoisotopic (exact) mass is 407 g/mol. The summed E-state index contributed by atoms with van der Waals surface area (Å²) in [4.78, 5) is 5.27. The highest BCUT2D eigenvalue weighted by Gasteiger charge is 2.13. The van der Waals surface area contributed by atoms with Crippen LogP contribution in [0.2, 0.25) is 5.15 Å². The lowest BCUT2D eigenvalue weighted by Crippen LogP contribution is -2.13. The maximum absolute atomic E-state index is 13.1. The highest BCUT2D eigenvalue weighted by Crippen LogP contribution is 2.22. The number of hydrogen-bond donors (Lipinski definition) is 0. The van der Waals surface area contributed by atoms with Crippen molar-refractivity contribution in [1.82, 2.24) is 14.5 Å². The highest BCUT2D eigenvalue weighted by molar-refractivity contribution is 7.07. The fourth-order valence-corrected chi connectivity index (χ4v) is 3.55. The largest absolute Gasteiger partial charge is 0.383 e. The van der Waals surface area contributed by atoms with Crippen LogP contribution in [0.5, 0.6) is 0 Å². The molecule has 0 saturated carbocycles. The van der Waals surface area contributed by atoms with E-state index in [0.717, 1.165) is 16.2 Å². The molecule has 3 aromatic rings. The Bertz CT molecular complexity index is 1020. The summed E-state index contributed by atoms with van der Waals surface area (Å²) in [5, 5.41) is 11.4. The zero-order valence-corrected chi connectivity index (χ0v) is 16.8. The van der Waals surface area contributed by atoms with Crippen LogP contribution in [0, 0.1) is 19.7 Å². The number of rotatable bonds is 6. The first kappa shape index (κ1) is 19.5. The Morgan fingerprint density at radius 3 is 2.74 bits per heavy atom. The van der Waals surface area contributed by atoms with Gasteiger partial charge in [0, 0.05) is 12.5 Å². The number of thiazole rings is 1. The predicted molar refractivity (Wildman–Crippen MR) is 106 cm³/mol. The quantitative estimate of drug-likeness (QED) is 0.463. The van der Waals surface area contributed by atoms with Crippen LogP contribution in [-0.2, 0) is 4.74 Å². The molecule has 9 heteroatoms. The second kappa shape index (κ2) is 8.60. The van der Waals surface area contributed by atoms with E-state index in [-0.39, 0.29) is 5.82 Å². The Balaban J connectivity index is 1.94. The van der Waals surface area contributed by atoms with Crippen LogP contribution in [0.15, 0.2) is 39.7 Å². The van der Waals surface area contributed by atoms with Gasteiger partial charge in [0.2, 0.25) is 4.80 Å². The van der Waals surface area contributed by atoms with Gasteiger partial charge in [-0.25, -0.2) is 13.7 Å². The average molecular weight is 408 g/mol. The summed E-state index contributed by atoms with van der Waals surface area (Å²) in [5.74, 6) is -0.311. The number of methoxy groups -OCH3 is 1. The minimum absolute atomic E-state index is 0.311. The molecule has 6 nitrogen and oxygen atoms in total. The molecular formula is C18H19ClFN5OS. The van der Waals surface area contributed by atoms with Crippen molar-refractivity contribution in [3.63, 3.8) is 0 Å². The molecule has 0 atom stereocenters. The maximum Gasteiger partial charge on any atom is 0.205 e. The number of aromatic nitrogens is 3. The van der Waals surface area contributed by atoms with Crippen LogP contribution in [0.1, 0.15) is 17.0 Å². The van der Waals surface area contributed by atoms with E-state index >= 15 is 0 Å². The van der Waals surface area contributed by atoms with Crippen LogP contribution in [0.25, 0.3) is 5.69 Å². The van der Waals surface area contributed by atoms with E-state index in [1.54, 1.807) is 34.8 Å². The molecule has 0 fully saturated rings. The van der Waals surface area contributed by atoms with Crippen molar-refractivity contribution in [3.05, 3.63) is 62.4 Å². The standard InChI is InChI=1S/C18H19ClFN5OS/c1-12-11-27-18(21-8-9-26-3)24(12)22-10-16-13(2)23-25(17(16)19)15-6-4-14(20)5-7-15/h4-7,10-11H,8-9H2,1-3H3/b21-18?,22-10+. The summed E-state index contributed by atoms with van der Waals surface area (Å²) >= 11 is 8.01. The van der Waals surface area contributed by atoms with Crippen LogP contribution in [0.3, 0.4) is 0 Å². The molecular weight excluding hydrogens is 389 g/mol. The minimum atomic E-state index is -0.311. The molecule has 0 saturated heterocycles. The molecule has 0 amide bonds. The van der Waals surface area contributed by atoms with Gasteiger partial charge in [-0.2, -0.15) is 10.2 Å². The maximum atomic E-state index is 13.1. The van der Waals surface area contributed by atoms with E-state index in [0.29, 0.717) is 29.6 Å². The Labute approximate surface area is 165 Å².